The molecule has 144 valence electrons. The summed E-state index contributed by atoms with van der Waals surface area (Å²) >= 11 is 0. The van der Waals surface area contributed by atoms with Crippen LogP contribution in [0.2, 0.25) is 0 Å². The highest BCUT2D eigenvalue weighted by Crippen LogP contribution is 2.31. The Balaban J connectivity index is 1.53. The molecule has 1 aromatic carbocycles. The van der Waals surface area contributed by atoms with E-state index < -0.39 is 11.4 Å². The van der Waals surface area contributed by atoms with Crippen LogP contribution in [0.15, 0.2) is 29.8 Å². The van der Waals surface area contributed by atoms with Crippen LogP contribution < -0.4 is 0 Å². The summed E-state index contributed by atoms with van der Waals surface area (Å²) in [6, 6.07) is 5.90. The van der Waals surface area contributed by atoms with Crippen molar-refractivity contribution in [2.24, 2.45) is 5.41 Å². The number of aliphatic carboxylic acids is 1. The molecule has 5 heteroatoms. The first-order valence-electron chi connectivity index (χ1n) is 9.64. The lowest BCUT2D eigenvalue weighted by molar-refractivity contribution is -0.145. The van der Waals surface area contributed by atoms with E-state index in [-0.39, 0.29) is 24.5 Å². The van der Waals surface area contributed by atoms with Gasteiger partial charge in [-0.25, -0.2) is 0 Å². The second-order valence-electron chi connectivity index (χ2n) is 8.01. The maximum atomic E-state index is 12.4. The summed E-state index contributed by atoms with van der Waals surface area (Å²) in [6.07, 6.45) is 6.08. The van der Waals surface area contributed by atoms with Gasteiger partial charge in [0.15, 0.2) is 5.78 Å². The van der Waals surface area contributed by atoms with E-state index >= 15 is 0 Å². The number of carbonyl (C=O) groups excluding carboxylic acids is 2. The number of ketones is 1. The first-order chi connectivity index (χ1) is 12.8. The van der Waals surface area contributed by atoms with Gasteiger partial charge in [-0.05, 0) is 56.7 Å². The van der Waals surface area contributed by atoms with Crippen LogP contribution in [0.4, 0.5) is 0 Å². The zero-order chi connectivity index (χ0) is 19.6. The quantitative estimate of drug-likeness (QED) is 0.616. The molecule has 1 aromatic rings. The van der Waals surface area contributed by atoms with Crippen molar-refractivity contribution < 1.29 is 19.5 Å². The molecule has 0 fully saturated rings. The second-order valence-corrected chi connectivity index (χ2v) is 8.01. The topological polar surface area (TPSA) is 74.7 Å². The maximum absolute atomic E-state index is 12.4. The van der Waals surface area contributed by atoms with E-state index in [1.807, 2.05) is 24.3 Å². The normalized spacial score (nSPS) is 16.7. The number of Topliss-reactive ketones (excluding diaryl/α,β-unsaturated/α-hetero) is 1. The molecule has 0 bridgehead atoms. The minimum absolute atomic E-state index is 0.0123. The third-order valence-corrected chi connectivity index (χ3v) is 5.89. The van der Waals surface area contributed by atoms with Crippen molar-refractivity contribution >= 4 is 17.7 Å². The molecule has 27 heavy (non-hydrogen) atoms. The first-order valence-corrected chi connectivity index (χ1v) is 9.64. The smallest absolute Gasteiger partial charge is 0.313 e. The van der Waals surface area contributed by atoms with Crippen molar-refractivity contribution in [2.75, 3.05) is 13.1 Å². The minimum Gasteiger partial charge on any atom is -0.481 e. The van der Waals surface area contributed by atoms with Gasteiger partial charge >= 0.3 is 5.97 Å². The van der Waals surface area contributed by atoms with E-state index in [0.29, 0.717) is 25.1 Å². The largest absolute Gasteiger partial charge is 0.481 e. The molecule has 0 radical (unpaired) electrons. The molecule has 1 amide bonds. The monoisotopic (exact) mass is 369 g/mol. The highest BCUT2D eigenvalue weighted by Gasteiger charge is 2.33. The minimum atomic E-state index is -0.904. The van der Waals surface area contributed by atoms with Crippen LogP contribution in [-0.4, -0.2) is 40.8 Å². The predicted molar refractivity (Wildman–Crippen MR) is 103 cm³/mol. The average molecular weight is 369 g/mol. The zero-order valence-corrected chi connectivity index (χ0v) is 16.1. The van der Waals surface area contributed by atoms with Gasteiger partial charge in [-0.3, -0.25) is 14.4 Å². The van der Waals surface area contributed by atoms with Crippen molar-refractivity contribution in [3.8, 4) is 0 Å². The number of amides is 1. The highest BCUT2D eigenvalue weighted by molar-refractivity contribution is 5.98. The van der Waals surface area contributed by atoms with Crippen molar-refractivity contribution in [3.05, 3.63) is 46.5 Å². The van der Waals surface area contributed by atoms with Gasteiger partial charge in [-0.1, -0.05) is 23.8 Å². The van der Waals surface area contributed by atoms with Crippen molar-refractivity contribution in [1.82, 2.24) is 4.90 Å². The van der Waals surface area contributed by atoms with Crippen LogP contribution >= 0.6 is 0 Å². The van der Waals surface area contributed by atoms with E-state index in [9.17, 15) is 19.5 Å². The average Bonchev–Trinajstić information content (AvgIpc) is 3.13. The number of fused-ring (bicyclic) bond motifs is 1. The van der Waals surface area contributed by atoms with Gasteiger partial charge in [0.25, 0.3) is 0 Å². The summed E-state index contributed by atoms with van der Waals surface area (Å²) in [6.45, 7) is 4.30. The lowest BCUT2D eigenvalue weighted by Crippen LogP contribution is -2.38. The van der Waals surface area contributed by atoms with Gasteiger partial charge in [0.05, 0.1) is 5.41 Å². The number of hydrogen-bond donors (Lipinski definition) is 1. The summed E-state index contributed by atoms with van der Waals surface area (Å²) in [5.41, 5.74) is 3.25. The lowest BCUT2D eigenvalue weighted by atomic mass is 9.81. The van der Waals surface area contributed by atoms with Gasteiger partial charge in [0.2, 0.25) is 5.91 Å². The first kappa shape index (κ1) is 19.3. The molecule has 1 aliphatic heterocycles. The van der Waals surface area contributed by atoms with Gasteiger partial charge in [0.1, 0.15) is 0 Å². The summed E-state index contributed by atoms with van der Waals surface area (Å²) in [7, 11) is 0. The highest BCUT2D eigenvalue weighted by atomic mass is 16.4. The number of carboxylic acids is 1. The van der Waals surface area contributed by atoms with E-state index in [1.54, 1.807) is 18.7 Å². The summed E-state index contributed by atoms with van der Waals surface area (Å²) in [4.78, 5) is 37.9. The Labute approximate surface area is 160 Å². The molecule has 3 rings (SSSR count). The maximum Gasteiger partial charge on any atom is 0.313 e. The number of rotatable bonds is 6. The number of hydrogen-bond acceptors (Lipinski definition) is 3. The Morgan fingerprint density at radius 1 is 1.07 bits per heavy atom. The molecule has 1 heterocycles. The molecule has 0 atom stereocenters. The lowest BCUT2D eigenvalue weighted by Gasteiger charge is -2.32. The summed E-state index contributed by atoms with van der Waals surface area (Å²) < 4.78 is 0. The van der Waals surface area contributed by atoms with Gasteiger partial charge in [-0.15, -0.1) is 0 Å². The molecule has 0 saturated carbocycles. The fourth-order valence-electron chi connectivity index (χ4n) is 3.87. The molecule has 2 aliphatic rings. The zero-order valence-electron chi connectivity index (χ0n) is 16.1. The van der Waals surface area contributed by atoms with E-state index in [0.717, 1.165) is 24.8 Å². The van der Waals surface area contributed by atoms with Crippen LogP contribution in [0.25, 0.3) is 0 Å². The molecule has 1 N–H and O–H groups in total. The Kier molecular flexibility index (Phi) is 5.49. The molecule has 0 unspecified atom stereocenters. The van der Waals surface area contributed by atoms with Crippen LogP contribution in [0, 0.1) is 5.41 Å². The predicted octanol–water partition coefficient (Wildman–Crippen LogP) is 3.41. The molecule has 0 aromatic heterocycles. The molecule has 1 aliphatic carbocycles. The fourth-order valence-corrected chi connectivity index (χ4v) is 3.87. The van der Waals surface area contributed by atoms with Crippen LogP contribution in [0.5, 0.6) is 0 Å². The SMILES string of the molecule is CC(C)(C(=O)O)C1=CCN(C(=O)CCC(=O)c2ccc3c(c2)CCC3)CC1. The van der Waals surface area contributed by atoms with Crippen molar-refractivity contribution in [1.29, 1.82) is 0 Å². The standard InChI is InChI=1S/C22H27NO4/c1-22(2,21(26)27)18-10-12-23(13-11-18)20(25)9-8-19(24)17-7-6-15-4-3-5-16(15)14-17/h6-7,10,14H,3-5,8-9,11-13H2,1-2H3,(H,26,27). The Morgan fingerprint density at radius 2 is 1.81 bits per heavy atom. The Morgan fingerprint density at radius 3 is 2.48 bits per heavy atom. The molecule has 5 nitrogen and oxygen atoms in total. The third kappa shape index (κ3) is 4.12. The Bertz CT molecular complexity index is 807. The molecular weight excluding hydrogens is 342 g/mol. The van der Waals surface area contributed by atoms with Gasteiger partial charge < -0.3 is 10.0 Å². The van der Waals surface area contributed by atoms with E-state index in [1.165, 1.54) is 11.1 Å². The van der Waals surface area contributed by atoms with Gasteiger partial charge in [-0.2, -0.15) is 0 Å². The number of carboxylic acid groups (broad SMARTS) is 1. The van der Waals surface area contributed by atoms with Crippen molar-refractivity contribution in [3.63, 3.8) is 0 Å². The van der Waals surface area contributed by atoms with Crippen LogP contribution in [0.1, 0.15) is 61.0 Å². The fraction of sp³-hybridized carbons (Fsp3) is 0.500. The number of aryl methyl sites for hydroxylation is 2. The number of nitrogens with zero attached hydrogens (tertiary/aromatic N) is 1. The summed E-state index contributed by atoms with van der Waals surface area (Å²) in [5, 5.41) is 9.32. The molecular formula is C22H27NO4. The summed E-state index contributed by atoms with van der Waals surface area (Å²) in [5.74, 6) is -0.889. The Hall–Kier alpha value is -2.43. The second kappa shape index (κ2) is 7.67. The van der Waals surface area contributed by atoms with Crippen LogP contribution in [0.3, 0.4) is 0 Å². The molecule has 0 saturated heterocycles. The third-order valence-electron chi connectivity index (χ3n) is 5.89. The van der Waals surface area contributed by atoms with Crippen molar-refractivity contribution in [2.45, 2.75) is 52.4 Å². The van der Waals surface area contributed by atoms with E-state index in [4.69, 9.17) is 0 Å². The number of carbonyl (C=O) groups is 3. The van der Waals surface area contributed by atoms with E-state index in [2.05, 4.69) is 0 Å². The number of benzene rings is 1. The molecule has 0 spiro atoms. The van der Waals surface area contributed by atoms with Crippen LogP contribution in [-0.2, 0) is 22.4 Å². The van der Waals surface area contributed by atoms with Gasteiger partial charge in [0, 0.05) is 31.5 Å².